The van der Waals surface area contributed by atoms with Crippen molar-refractivity contribution in [2.45, 2.75) is 186 Å². The Hall–Kier alpha value is 0. The summed E-state index contributed by atoms with van der Waals surface area (Å²) in [6.07, 6.45) is 21.7. The third-order valence-corrected chi connectivity index (χ3v) is 8.68. The molecule has 0 amide bonds. The quantitative estimate of drug-likeness (QED) is 0.177. The van der Waals surface area contributed by atoms with Gasteiger partial charge in [0.2, 0.25) is 0 Å². The monoisotopic (exact) mass is 523 g/mol. The van der Waals surface area contributed by atoms with Crippen LogP contribution in [-0.4, -0.2) is 0 Å². The fourth-order valence-corrected chi connectivity index (χ4v) is 5.51. The van der Waals surface area contributed by atoms with E-state index in [4.69, 9.17) is 0 Å². The summed E-state index contributed by atoms with van der Waals surface area (Å²) in [6, 6.07) is 0. The van der Waals surface area contributed by atoms with Gasteiger partial charge >= 0.3 is 0 Å². The fourth-order valence-electron chi connectivity index (χ4n) is 5.51. The highest BCUT2D eigenvalue weighted by atomic mass is 14.3. The first-order valence-electron chi connectivity index (χ1n) is 17.3. The Morgan fingerprint density at radius 3 is 1.14 bits per heavy atom. The van der Waals surface area contributed by atoms with Gasteiger partial charge in [-0.25, -0.2) is 0 Å². The largest absolute Gasteiger partial charge is 0.0651 e. The van der Waals surface area contributed by atoms with Gasteiger partial charge in [0.15, 0.2) is 0 Å². The summed E-state index contributed by atoms with van der Waals surface area (Å²) >= 11 is 0. The minimum Gasteiger partial charge on any atom is -0.0651 e. The summed E-state index contributed by atoms with van der Waals surface area (Å²) < 4.78 is 0. The van der Waals surface area contributed by atoms with Crippen molar-refractivity contribution < 1.29 is 0 Å². The zero-order valence-electron chi connectivity index (χ0n) is 28.8. The summed E-state index contributed by atoms with van der Waals surface area (Å²) in [5.74, 6) is 8.46. The molecule has 226 valence electrons. The van der Waals surface area contributed by atoms with E-state index in [1.807, 2.05) is 0 Å². The molecular formula is C37H78. The van der Waals surface area contributed by atoms with E-state index in [-0.39, 0.29) is 0 Å². The van der Waals surface area contributed by atoms with Gasteiger partial charge in [0.05, 0.1) is 0 Å². The van der Waals surface area contributed by atoms with Crippen LogP contribution < -0.4 is 0 Å². The summed E-state index contributed by atoms with van der Waals surface area (Å²) in [4.78, 5) is 0. The van der Waals surface area contributed by atoms with E-state index < -0.39 is 0 Å². The lowest BCUT2D eigenvalue weighted by Crippen LogP contribution is -2.18. The number of unbranched alkanes of at least 4 members (excludes halogenated alkanes) is 1. The van der Waals surface area contributed by atoms with Crippen LogP contribution in [-0.2, 0) is 0 Å². The molecule has 0 saturated heterocycles. The highest BCUT2D eigenvalue weighted by Crippen LogP contribution is 2.35. The van der Waals surface area contributed by atoms with Gasteiger partial charge in [0.25, 0.3) is 0 Å². The zero-order chi connectivity index (χ0) is 28.8. The van der Waals surface area contributed by atoms with Crippen molar-refractivity contribution in [3.05, 3.63) is 0 Å². The van der Waals surface area contributed by atoms with Crippen LogP contribution in [0.5, 0.6) is 0 Å². The SMILES string of the molecule is CC(C)CCC1CCC(C(C)C)CC1.CC(C)CCCCC(C)C.CCC(CCC(C)C)CCC(C)C. The highest BCUT2D eigenvalue weighted by Gasteiger charge is 2.22. The van der Waals surface area contributed by atoms with Gasteiger partial charge in [-0.1, -0.05) is 173 Å². The third-order valence-electron chi connectivity index (χ3n) is 8.68. The van der Waals surface area contributed by atoms with E-state index in [0.29, 0.717) is 0 Å². The van der Waals surface area contributed by atoms with Crippen molar-refractivity contribution in [2.24, 2.45) is 53.3 Å². The zero-order valence-corrected chi connectivity index (χ0v) is 28.8. The molecule has 0 heteroatoms. The Morgan fingerprint density at radius 1 is 0.459 bits per heavy atom. The van der Waals surface area contributed by atoms with E-state index >= 15 is 0 Å². The maximum absolute atomic E-state index is 2.39. The number of hydrogen-bond acceptors (Lipinski definition) is 0. The molecule has 0 radical (unpaired) electrons. The van der Waals surface area contributed by atoms with Gasteiger partial charge in [-0.15, -0.1) is 0 Å². The van der Waals surface area contributed by atoms with Crippen molar-refractivity contribution in [1.29, 1.82) is 0 Å². The molecule has 0 atom stereocenters. The lowest BCUT2D eigenvalue weighted by Gasteiger charge is -2.31. The number of rotatable bonds is 16. The normalized spacial score (nSPS) is 18.2. The van der Waals surface area contributed by atoms with Gasteiger partial charge < -0.3 is 0 Å². The minimum absolute atomic E-state index is 0.882. The summed E-state index contributed by atoms with van der Waals surface area (Å²) in [5.41, 5.74) is 0. The van der Waals surface area contributed by atoms with Crippen LogP contribution in [0.4, 0.5) is 0 Å². The molecule has 1 aliphatic carbocycles. The lowest BCUT2D eigenvalue weighted by atomic mass is 9.75. The van der Waals surface area contributed by atoms with Crippen LogP contribution >= 0.6 is 0 Å². The fraction of sp³-hybridized carbons (Fsp3) is 1.00. The molecule has 0 aromatic rings. The molecule has 1 fully saturated rings. The van der Waals surface area contributed by atoms with Crippen molar-refractivity contribution in [1.82, 2.24) is 0 Å². The van der Waals surface area contributed by atoms with Gasteiger partial charge in [-0.3, -0.25) is 0 Å². The molecule has 37 heavy (non-hydrogen) atoms. The average molecular weight is 523 g/mol. The van der Waals surface area contributed by atoms with Crippen LogP contribution in [0, 0.1) is 53.3 Å². The maximum atomic E-state index is 2.39. The molecule has 1 rings (SSSR count). The van der Waals surface area contributed by atoms with Gasteiger partial charge in [-0.05, 0) is 66.1 Å². The molecular weight excluding hydrogens is 444 g/mol. The maximum Gasteiger partial charge on any atom is -0.0391 e. The second-order valence-corrected chi connectivity index (χ2v) is 15.3. The van der Waals surface area contributed by atoms with Crippen molar-refractivity contribution in [3.63, 3.8) is 0 Å². The van der Waals surface area contributed by atoms with Gasteiger partial charge in [-0.2, -0.15) is 0 Å². The van der Waals surface area contributed by atoms with E-state index in [1.54, 1.807) is 0 Å². The van der Waals surface area contributed by atoms with Crippen LogP contribution in [0.3, 0.4) is 0 Å². The molecule has 0 unspecified atom stereocenters. The Bertz CT molecular complexity index is 411. The van der Waals surface area contributed by atoms with Crippen molar-refractivity contribution in [3.8, 4) is 0 Å². The third kappa shape index (κ3) is 28.8. The summed E-state index contributed by atoms with van der Waals surface area (Å²) in [6.45, 7) is 30.3. The standard InChI is InChI=1S/C14H28.C13H28.C10H22/c1-11(2)5-6-13-7-9-14(10-8-13)12(3)4;1-6-13(9-7-11(2)3)10-8-12(4)5;1-9(2)7-5-6-8-10(3)4/h11-14H,5-10H2,1-4H3;11-13H,6-10H2,1-5H3;9-10H,5-8H2,1-4H3. The summed E-state index contributed by atoms with van der Waals surface area (Å²) in [7, 11) is 0. The Labute approximate surface area is 239 Å². The second-order valence-electron chi connectivity index (χ2n) is 15.3. The predicted molar refractivity (Wildman–Crippen MR) is 174 cm³/mol. The molecule has 0 spiro atoms. The Morgan fingerprint density at radius 2 is 0.838 bits per heavy atom. The van der Waals surface area contributed by atoms with Crippen molar-refractivity contribution in [2.75, 3.05) is 0 Å². The molecule has 0 nitrogen and oxygen atoms in total. The van der Waals surface area contributed by atoms with Gasteiger partial charge in [0.1, 0.15) is 0 Å². The highest BCUT2D eigenvalue weighted by molar-refractivity contribution is 4.74. The van der Waals surface area contributed by atoms with Gasteiger partial charge in [0, 0.05) is 0 Å². The van der Waals surface area contributed by atoms with Crippen LogP contribution in [0.2, 0.25) is 0 Å². The Kier molecular flexibility index (Phi) is 26.4. The van der Waals surface area contributed by atoms with Crippen molar-refractivity contribution >= 4 is 0 Å². The van der Waals surface area contributed by atoms with E-state index in [9.17, 15) is 0 Å². The average Bonchev–Trinajstić information content (AvgIpc) is 2.81. The lowest BCUT2D eigenvalue weighted by molar-refractivity contribution is 0.211. The molecule has 0 aromatic carbocycles. The van der Waals surface area contributed by atoms with Crippen LogP contribution in [0.1, 0.15) is 186 Å². The second kappa shape index (κ2) is 25.0. The molecule has 0 bridgehead atoms. The first-order chi connectivity index (χ1) is 17.3. The predicted octanol–water partition coefficient (Wildman–Crippen LogP) is 13.6. The first kappa shape index (κ1) is 39.1. The molecule has 1 saturated carbocycles. The molecule has 0 N–H and O–H groups in total. The van der Waals surface area contributed by atoms with E-state index in [2.05, 4.69) is 90.0 Å². The van der Waals surface area contributed by atoms with Crippen LogP contribution in [0.15, 0.2) is 0 Å². The molecule has 0 aliphatic heterocycles. The molecule has 1 aliphatic rings. The topological polar surface area (TPSA) is 0 Å². The molecule has 0 aromatic heterocycles. The number of hydrogen-bond donors (Lipinski definition) is 0. The van der Waals surface area contributed by atoms with Crippen LogP contribution in [0.25, 0.3) is 0 Å². The molecule has 0 heterocycles. The minimum atomic E-state index is 0.882. The first-order valence-corrected chi connectivity index (χ1v) is 17.3. The smallest absolute Gasteiger partial charge is 0.0391 e. The van der Waals surface area contributed by atoms with E-state index in [0.717, 1.165) is 53.3 Å². The Balaban J connectivity index is 0. The summed E-state index contributed by atoms with van der Waals surface area (Å²) in [5, 5.41) is 0. The van der Waals surface area contributed by atoms with E-state index in [1.165, 1.54) is 96.3 Å².